The molecule has 0 saturated heterocycles. The van der Waals surface area contributed by atoms with Crippen molar-refractivity contribution in [1.82, 2.24) is 10.3 Å². The van der Waals surface area contributed by atoms with Crippen molar-refractivity contribution < 1.29 is 9.84 Å². The van der Waals surface area contributed by atoms with Gasteiger partial charge in [-0.2, -0.15) is 0 Å². The van der Waals surface area contributed by atoms with Crippen molar-refractivity contribution in [3.05, 3.63) is 23.9 Å². The molecular formula is C15H24N2O2. The molecule has 0 radical (unpaired) electrons. The number of nitrogens with one attached hydrogen (secondary N) is 1. The lowest BCUT2D eigenvalue weighted by molar-refractivity contribution is 0.0978. The molecule has 4 nitrogen and oxygen atoms in total. The third-order valence-electron chi connectivity index (χ3n) is 4.03. The number of methoxy groups -OCH3 is 1. The van der Waals surface area contributed by atoms with Gasteiger partial charge in [-0.25, -0.2) is 4.98 Å². The number of hydrogen-bond donors (Lipinski definition) is 2. The Morgan fingerprint density at radius 1 is 1.53 bits per heavy atom. The van der Waals surface area contributed by atoms with E-state index in [1.54, 1.807) is 7.11 Å². The minimum Gasteiger partial charge on any atom is -0.481 e. The first-order valence-corrected chi connectivity index (χ1v) is 7.03. The van der Waals surface area contributed by atoms with Gasteiger partial charge in [-0.05, 0) is 24.8 Å². The predicted molar refractivity (Wildman–Crippen MR) is 75.1 cm³/mol. The molecule has 19 heavy (non-hydrogen) atoms. The number of hydrogen-bond acceptors (Lipinski definition) is 4. The summed E-state index contributed by atoms with van der Waals surface area (Å²) in [6.45, 7) is 3.13. The summed E-state index contributed by atoms with van der Waals surface area (Å²) in [5, 5.41) is 13.2. The van der Waals surface area contributed by atoms with Crippen molar-refractivity contribution in [1.29, 1.82) is 0 Å². The zero-order chi connectivity index (χ0) is 13.7. The Bertz CT molecular complexity index is 411. The summed E-state index contributed by atoms with van der Waals surface area (Å²) in [6, 6.07) is 5.76. The highest BCUT2D eigenvalue weighted by Gasteiger charge is 2.33. The monoisotopic (exact) mass is 264 g/mol. The van der Waals surface area contributed by atoms with E-state index in [1.807, 2.05) is 18.2 Å². The Morgan fingerprint density at radius 2 is 2.37 bits per heavy atom. The molecule has 0 aromatic carbocycles. The molecule has 2 rings (SSSR count). The van der Waals surface area contributed by atoms with Crippen LogP contribution in [0.15, 0.2) is 18.2 Å². The van der Waals surface area contributed by atoms with Gasteiger partial charge in [0.1, 0.15) is 0 Å². The van der Waals surface area contributed by atoms with E-state index in [9.17, 15) is 5.11 Å². The van der Waals surface area contributed by atoms with E-state index >= 15 is 0 Å². The van der Waals surface area contributed by atoms with Crippen LogP contribution in [0.3, 0.4) is 0 Å². The van der Waals surface area contributed by atoms with Crippen molar-refractivity contribution in [2.24, 2.45) is 5.92 Å². The fraction of sp³-hybridized carbons (Fsp3) is 0.667. The van der Waals surface area contributed by atoms with E-state index in [0.29, 0.717) is 18.3 Å². The first kappa shape index (κ1) is 14.3. The molecule has 1 fully saturated rings. The van der Waals surface area contributed by atoms with Crippen molar-refractivity contribution >= 4 is 0 Å². The van der Waals surface area contributed by atoms with Crippen molar-refractivity contribution in [3.8, 4) is 5.88 Å². The van der Waals surface area contributed by atoms with Crippen LogP contribution < -0.4 is 10.1 Å². The normalized spacial score (nSPS) is 27.2. The topological polar surface area (TPSA) is 54.4 Å². The van der Waals surface area contributed by atoms with Gasteiger partial charge in [0.15, 0.2) is 0 Å². The van der Waals surface area contributed by atoms with Crippen LogP contribution in [0.4, 0.5) is 0 Å². The summed E-state index contributed by atoms with van der Waals surface area (Å²) in [4.78, 5) is 4.39. The van der Waals surface area contributed by atoms with Gasteiger partial charge in [-0.3, -0.25) is 0 Å². The minimum absolute atomic E-state index is 0.136. The van der Waals surface area contributed by atoms with Crippen LogP contribution in [-0.4, -0.2) is 29.3 Å². The number of rotatable bonds is 5. The van der Waals surface area contributed by atoms with Crippen LogP contribution in [0, 0.1) is 5.92 Å². The molecule has 2 atom stereocenters. The van der Waals surface area contributed by atoms with Crippen molar-refractivity contribution in [2.45, 2.75) is 44.7 Å². The van der Waals surface area contributed by atoms with Gasteiger partial charge in [0.05, 0.1) is 19.4 Å². The van der Waals surface area contributed by atoms with E-state index in [-0.39, 0.29) is 12.1 Å². The lowest BCUT2D eigenvalue weighted by Gasteiger charge is -2.39. The maximum Gasteiger partial charge on any atom is 0.213 e. The lowest BCUT2D eigenvalue weighted by Crippen LogP contribution is -2.51. The van der Waals surface area contributed by atoms with Crippen LogP contribution in [0.1, 0.15) is 38.3 Å². The molecular weight excluding hydrogens is 240 g/mol. The molecule has 1 aromatic rings. The molecule has 1 aromatic heterocycles. The Hall–Kier alpha value is -1.13. The van der Waals surface area contributed by atoms with E-state index in [0.717, 1.165) is 18.5 Å². The first-order valence-electron chi connectivity index (χ1n) is 7.03. The summed E-state index contributed by atoms with van der Waals surface area (Å²) in [6.07, 6.45) is 4.52. The van der Waals surface area contributed by atoms with Crippen LogP contribution in [0.2, 0.25) is 0 Å². The Kier molecular flexibility index (Phi) is 4.77. The van der Waals surface area contributed by atoms with Crippen molar-refractivity contribution in [3.63, 3.8) is 0 Å². The molecule has 1 heterocycles. The van der Waals surface area contributed by atoms with Gasteiger partial charge in [0.2, 0.25) is 5.88 Å². The molecule has 1 saturated carbocycles. The molecule has 1 aliphatic rings. The Balaban J connectivity index is 1.98. The first-order chi connectivity index (χ1) is 9.17. The molecule has 106 valence electrons. The van der Waals surface area contributed by atoms with Gasteiger partial charge >= 0.3 is 0 Å². The fourth-order valence-electron chi connectivity index (χ4n) is 2.97. The molecule has 0 spiro atoms. The van der Waals surface area contributed by atoms with Crippen LogP contribution in [0.25, 0.3) is 0 Å². The highest BCUT2D eigenvalue weighted by Crippen LogP contribution is 2.32. The molecule has 0 aliphatic heterocycles. The minimum atomic E-state index is -0.136. The van der Waals surface area contributed by atoms with Crippen LogP contribution in [-0.2, 0) is 6.54 Å². The average Bonchev–Trinajstić information content (AvgIpc) is 2.45. The van der Waals surface area contributed by atoms with E-state index in [1.165, 1.54) is 12.8 Å². The molecule has 0 amide bonds. The van der Waals surface area contributed by atoms with Crippen LogP contribution >= 0.6 is 0 Å². The maximum atomic E-state index is 9.73. The summed E-state index contributed by atoms with van der Waals surface area (Å²) in [5.41, 5.74) is 0.813. The molecule has 2 N–H and O–H groups in total. The molecule has 0 bridgehead atoms. The van der Waals surface area contributed by atoms with E-state index < -0.39 is 0 Å². The second-order valence-corrected chi connectivity index (χ2v) is 5.66. The fourth-order valence-corrected chi connectivity index (χ4v) is 2.97. The zero-order valence-corrected chi connectivity index (χ0v) is 11.9. The number of pyridine rings is 1. The Morgan fingerprint density at radius 3 is 3.05 bits per heavy atom. The summed E-state index contributed by atoms with van der Waals surface area (Å²) in [7, 11) is 1.62. The zero-order valence-electron chi connectivity index (χ0n) is 11.9. The van der Waals surface area contributed by atoms with Gasteiger partial charge in [-0.15, -0.1) is 0 Å². The van der Waals surface area contributed by atoms with Gasteiger partial charge in [0, 0.05) is 18.2 Å². The van der Waals surface area contributed by atoms with Crippen molar-refractivity contribution in [2.75, 3.05) is 13.7 Å². The number of aliphatic hydroxyl groups is 1. The maximum absolute atomic E-state index is 9.73. The lowest BCUT2D eigenvalue weighted by atomic mass is 9.77. The highest BCUT2D eigenvalue weighted by molar-refractivity contribution is 5.15. The summed E-state index contributed by atoms with van der Waals surface area (Å²) < 4.78 is 5.13. The Labute approximate surface area is 115 Å². The van der Waals surface area contributed by atoms with Gasteiger partial charge in [-0.1, -0.05) is 25.8 Å². The molecule has 2 unspecified atom stereocenters. The summed E-state index contributed by atoms with van der Waals surface area (Å²) in [5.74, 6) is 1.31. The van der Waals surface area contributed by atoms with E-state index in [4.69, 9.17) is 4.74 Å². The number of aromatic nitrogens is 1. The quantitative estimate of drug-likeness (QED) is 0.855. The SMILES string of the molecule is COc1cccc(CNC2(CO)CCCC(C)C2)n1. The number of nitrogens with zero attached hydrogens (tertiary/aromatic N) is 1. The predicted octanol–water partition coefficient (Wildman–Crippen LogP) is 2.12. The van der Waals surface area contributed by atoms with Gasteiger partial charge in [0.25, 0.3) is 0 Å². The van der Waals surface area contributed by atoms with Gasteiger partial charge < -0.3 is 15.2 Å². The molecule has 1 aliphatic carbocycles. The average molecular weight is 264 g/mol. The summed E-state index contributed by atoms with van der Waals surface area (Å²) >= 11 is 0. The third-order valence-corrected chi connectivity index (χ3v) is 4.03. The second-order valence-electron chi connectivity index (χ2n) is 5.66. The third kappa shape index (κ3) is 3.67. The molecule has 4 heteroatoms. The number of aliphatic hydroxyl groups excluding tert-OH is 1. The smallest absolute Gasteiger partial charge is 0.213 e. The standard InChI is InChI=1S/C15H24N2O2/c1-12-5-4-8-15(9-12,11-18)16-10-13-6-3-7-14(17-13)19-2/h3,6-7,12,16,18H,4-5,8-11H2,1-2H3. The second kappa shape index (κ2) is 6.35. The highest BCUT2D eigenvalue weighted by atomic mass is 16.5. The number of ether oxygens (including phenoxy) is 1. The van der Waals surface area contributed by atoms with E-state index in [2.05, 4.69) is 17.2 Å². The largest absolute Gasteiger partial charge is 0.481 e. The van der Waals surface area contributed by atoms with Crippen LogP contribution in [0.5, 0.6) is 5.88 Å².